The summed E-state index contributed by atoms with van der Waals surface area (Å²) < 4.78 is 5.82. The number of rotatable bonds is 5. The third kappa shape index (κ3) is 3.03. The van der Waals surface area contributed by atoms with Gasteiger partial charge >= 0.3 is 0 Å². The first-order valence-electron chi connectivity index (χ1n) is 7.07. The molecule has 3 aromatic rings. The van der Waals surface area contributed by atoms with E-state index in [9.17, 15) is 0 Å². The lowest BCUT2D eigenvalue weighted by Gasteiger charge is -2.11. The van der Waals surface area contributed by atoms with Crippen LogP contribution in [0.1, 0.15) is 6.42 Å². The molecule has 0 aliphatic rings. The molecule has 0 fully saturated rings. The van der Waals surface area contributed by atoms with Crippen LogP contribution in [0.2, 0.25) is 0 Å². The van der Waals surface area contributed by atoms with Gasteiger partial charge in [0.25, 0.3) is 0 Å². The lowest BCUT2D eigenvalue weighted by Crippen LogP contribution is -2.01. The van der Waals surface area contributed by atoms with E-state index in [2.05, 4.69) is 0 Å². The lowest BCUT2D eigenvalue weighted by atomic mass is 10.1. The molecule has 3 nitrogen and oxygen atoms in total. The number of aliphatic hydroxyl groups excluding tert-OH is 1. The predicted molar refractivity (Wildman–Crippen MR) is 84.4 cm³/mol. The van der Waals surface area contributed by atoms with Gasteiger partial charge in [-0.3, -0.25) is 0 Å². The van der Waals surface area contributed by atoms with Crippen molar-refractivity contribution in [3.05, 3.63) is 60.7 Å². The van der Waals surface area contributed by atoms with E-state index in [0.29, 0.717) is 13.0 Å². The second-order valence-corrected chi connectivity index (χ2v) is 4.81. The van der Waals surface area contributed by atoms with Gasteiger partial charge < -0.3 is 9.84 Å². The molecule has 3 heteroatoms. The van der Waals surface area contributed by atoms with Gasteiger partial charge in [-0.15, -0.1) is 0 Å². The Hall–Kier alpha value is -2.39. The van der Waals surface area contributed by atoms with Gasteiger partial charge in [0.05, 0.1) is 17.8 Å². The molecular formula is C18H17NO2. The van der Waals surface area contributed by atoms with Crippen molar-refractivity contribution in [2.45, 2.75) is 6.42 Å². The zero-order chi connectivity index (χ0) is 14.5. The highest BCUT2D eigenvalue weighted by Crippen LogP contribution is 2.29. The topological polar surface area (TPSA) is 42.4 Å². The Labute approximate surface area is 123 Å². The van der Waals surface area contributed by atoms with Crippen LogP contribution in [0.3, 0.4) is 0 Å². The SMILES string of the molecule is OCCCOc1cc(-c2ccccc2)nc2ccccc12. The highest BCUT2D eigenvalue weighted by molar-refractivity contribution is 5.87. The van der Waals surface area contributed by atoms with Crippen molar-refractivity contribution in [3.63, 3.8) is 0 Å². The van der Waals surface area contributed by atoms with Crippen molar-refractivity contribution >= 4 is 10.9 Å². The molecule has 0 spiro atoms. The van der Waals surface area contributed by atoms with E-state index in [0.717, 1.165) is 27.9 Å². The molecule has 21 heavy (non-hydrogen) atoms. The van der Waals surface area contributed by atoms with Crippen LogP contribution in [-0.2, 0) is 0 Å². The standard InChI is InChI=1S/C18H17NO2/c20-11-6-12-21-18-13-17(14-7-2-1-3-8-14)19-16-10-5-4-9-15(16)18/h1-5,7-10,13,20H,6,11-12H2. The molecule has 1 heterocycles. The van der Waals surface area contributed by atoms with Crippen LogP contribution in [0.4, 0.5) is 0 Å². The summed E-state index contributed by atoms with van der Waals surface area (Å²) in [6.07, 6.45) is 0.622. The second-order valence-electron chi connectivity index (χ2n) is 4.81. The number of nitrogens with zero attached hydrogens (tertiary/aromatic N) is 1. The van der Waals surface area contributed by atoms with E-state index >= 15 is 0 Å². The third-order valence-corrected chi connectivity index (χ3v) is 3.31. The van der Waals surface area contributed by atoms with Crippen molar-refractivity contribution in [2.24, 2.45) is 0 Å². The fourth-order valence-corrected chi connectivity index (χ4v) is 2.27. The largest absolute Gasteiger partial charge is 0.493 e. The van der Waals surface area contributed by atoms with E-state index in [1.165, 1.54) is 0 Å². The fourth-order valence-electron chi connectivity index (χ4n) is 2.27. The van der Waals surface area contributed by atoms with Crippen LogP contribution in [-0.4, -0.2) is 23.3 Å². The van der Waals surface area contributed by atoms with Gasteiger partial charge in [0.2, 0.25) is 0 Å². The Morgan fingerprint density at radius 2 is 1.71 bits per heavy atom. The van der Waals surface area contributed by atoms with Gasteiger partial charge in [-0.25, -0.2) is 4.98 Å². The first-order valence-corrected chi connectivity index (χ1v) is 7.07. The van der Waals surface area contributed by atoms with E-state index in [1.54, 1.807) is 0 Å². The summed E-state index contributed by atoms with van der Waals surface area (Å²) in [5.41, 5.74) is 2.88. The maximum absolute atomic E-state index is 8.90. The Morgan fingerprint density at radius 1 is 0.952 bits per heavy atom. The third-order valence-electron chi connectivity index (χ3n) is 3.31. The average Bonchev–Trinajstić information content (AvgIpc) is 2.55. The number of pyridine rings is 1. The van der Waals surface area contributed by atoms with Crippen molar-refractivity contribution in [1.82, 2.24) is 4.98 Å². The van der Waals surface area contributed by atoms with Crippen LogP contribution in [0, 0.1) is 0 Å². The van der Waals surface area contributed by atoms with Gasteiger partial charge in [-0.05, 0) is 12.1 Å². The molecule has 0 unspecified atom stereocenters. The van der Waals surface area contributed by atoms with Gasteiger partial charge in [-0.1, -0.05) is 42.5 Å². The van der Waals surface area contributed by atoms with Crippen LogP contribution in [0.15, 0.2) is 60.7 Å². The summed E-state index contributed by atoms with van der Waals surface area (Å²) in [6, 6.07) is 20.0. The summed E-state index contributed by atoms with van der Waals surface area (Å²) in [5, 5.41) is 9.89. The Bertz CT molecular complexity index is 726. The summed E-state index contributed by atoms with van der Waals surface area (Å²) in [5.74, 6) is 0.813. The normalized spacial score (nSPS) is 10.7. The van der Waals surface area contributed by atoms with Gasteiger partial charge in [0.1, 0.15) is 5.75 Å². The summed E-state index contributed by atoms with van der Waals surface area (Å²) in [6.45, 7) is 0.632. The molecular weight excluding hydrogens is 262 g/mol. The summed E-state index contributed by atoms with van der Waals surface area (Å²) >= 11 is 0. The molecule has 0 radical (unpaired) electrons. The number of benzene rings is 2. The maximum atomic E-state index is 8.90. The lowest BCUT2D eigenvalue weighted by molar-refractivity contribution is 0.235. The van der Waals surface area contributed by atoms with Crippen LogP contribution in [0.5, 0.6) is 5.75 Å². The maximum Gasteiger partial charge on any atom is 0.130 e. The van der Waals surface area contributed by atoms with Gasteiger partial charge in [-0.2, -0.15) is 0 Å². The molecule has 106 valence electrons. The molecule has 1 aromatic heterocycles. The minimum atomic E-state index is 0.133. The Kier molecular flexibility index (Phi) is 4.12. The Balaban J connectivity index is 2.06. The summed E-state index contributed by atoms with van der Waals surface area (Å²) in [7, 11) is 0. The number of aromatic nitrogens is 1. The molecule has 0 saturated carbocycles. The molecule has 1 N–H and O–H groups in total. The quantitative estimate of drug-likeness (QED) is 0.725. The number of aliphatic hydroxyl groups is 1. The van der Waals surface area contributed by atoms with E-state index in [1.807, 2.05) is 60.7 Å². The van der Waals surface area contributed by atoms with Crippen molar-refractivity contribution < 1.29 is 9.84 Å². The van der Waals surface area contributed by atoms with Crippen molar-refractivity contribution in [2.75, 3.05) is 13.2 Å². The number of hydrogen-bond donors (Lipinski definition) is 1. The van der Waals surface area contributed by atoms with Crippen molar-refractivity contribution in [1.29, 1.82) is 0 Å². The van der Waals surface area contributed by atoms with Crippen LogP contribution < -0.4 is 4.74 Å². The number of fused-ring (bicyclic) bond motifs is 1. The molecule has 0 aliphatic heterocycles. The minimum Gasteiger partial charge on any atom is -0.493 e. The molecule has 0 atom stereocenters. The molecule has 2 aromatic carbocycles. The van der Waals surface area contributed by atoms with Crippen LogP contribution >= 0.6 is 0 Å². The fraction of sp³-hybridized carbons (Fsp3) is 0.167. The van der Waals surface area contributed by atoms with E-state index < -0.39 is 0 Å². The highest BCUT2D eigenvalue weighted by atomic mass is 16.5. The van der Waals surface area contributed by atoms with Gasteiger partial charge in [0.15, 0.2) is 0 Å². The monoisotopic (exact) mass is 279 g/mol. The minimum absolute atomic E-state index is 0.133. The number of para-hydroxylation sites is 1. The van der Waals surface area contributed by atoms with E-state index in [4.69, 9.17) is 14.8 Å². The van der Waals surface area contributed by atoms with Gasteiger partial charge in [0, 0.05) is 30.0 Å². The molecule has 0 aliphatic carbocycles. The van der Waals surface area contributed by atoms with Crippen LogP contribution in [0.25, 0.3) is 22.2 Å². The second kappa shape index (κ2) is 6.37. The molecule has 3 rings (SSSR count). The van der Waals surface area contributed by atoms with E-state index in [-0.39, 0.29) is 6.61 Å². The average molecular weight is 279 g/mol. The number of ether oxygens (including phenoxy) is 1. The first kappa shape index (κ1) is 13.6. The zero-order valence-electron chi connectivity index (χ0n) is 11.7. The molecule has 0 amide bonds. The molecule has 0 bridgehead atoms. The Morgan fingerprint density at radius 3 is 2.52 bits per heavy atom. The smallest absolute Gasteiger partial charge is 0.130 e. The summed E-state index contributed by atoms with van der Waals surface area (Å²) in [4.78, 5) is 4.70. The first-order chi connectivity index (χ1) is 10.4. The highest BCUT2D eigenvalue weighted by Gasteiger charge is 2.08. The van der Waals surface area contributed by atoms with Crippen molar-refractivity contribution in [3.8, 4) is 17.0 Å². The number of hydrogen-bond acceptors (Lipinski definition) is 3. The predicted octanol–water partition coefficient (Wildman–Crippen LogP) is 3.66. The molecule has 0 saturated heterocycles. The zero-order valence-corrected chi connectivity index (χ0v) is 11.7.